The van der Waals surface area contributed by atoms with E-state index in [0.717, 1.165) is 24.3 Å². The van der Waals surface area contributed by atoms with Gasteiger partial charge in [0.05, 0.1) is 6.04 Å². The number of rotatable bonds is 2. The molecule has 1 aliphatic rings. The molecular weight excluding hydrogens is 190 g/mol. The van der Waals surface area contributed by atoms with E-state index in [1.807, 2.05) is 6.08 Å². The normalized spacial score (nSPS) is 22.4. The van der Waals surface area contributed by atoms with Crippen molar-refractivity contribution in [3.05, 3.63) is 11.1 Å². The SMILES string of the molecule is CCC(=O)N(O)C1CCCC=C1Cl. The Labute approximate surface area is 82.9 Å². The summed E-state index contributed by atoms with van der Waals surface area (Å²) in [6.45, 7) is 1.71. The predicted molar refractivity (Wildman–Crippen MR) is 50.5 cm³/mol. The zero-order valence-electron chi connectivity index (χ0n) is 7.66. The topological polar surface area (TPSA) is 40.5 Å². The number of amides is 1. The molecule has 0 bridgehead atoms. The summed E-state index contributed by atoms with van der Waals surface area (Å²) < 4.78 is 0. The molecule has 0 aromatic heterocycles. The van der Waals surface area contributed by atoms with Crippen molar-refractivity contribution in [2.24, 2.45) is 0 Å². The van der Waals surface area contributed by atoms with Gasteiger partial charge in [-0.1, -0.05) is 24.6 Å². The van der Waals surface area contributed by atoms with Gasteiger partial charge in [0.15, 0.2) is 0 Å². The molecule has 0 saturated carbocycles. The van der Waals surface area contributed by atoms with Gasteiger partial charge in [0.2, 0.25) is 5.91 Å². The van der Waals surface area contributed by atoms with Crippen LogP contribution in [0.1, 0.15) is 32.6 Å². The van der Waals surface area contributed by atoms with Crippen molar-refractivity contribution < 1.29 is 10.0 Å². The highest BCUT2D eigenvalue weighted by molar-refractivity contribution is 6.30. The molecule has 0 saturated heterocycles. The summed E-state index contributed by atoms with van der Waals surface area (Å²) in [7, 11) is 0. The van der Waals surface area contributed by atoms with E-state index in [-0.39, 0.29) is 11.9 Å². The Bertz CT molecular complexity index is 228. The molecule has 0 heterocycles. The second-order valence-corrected chi connectivity index (χ2v) is 3.56. The maximum absolute atomic E-state index is 11.1. The van der Waals surface area contributed by atoms with Crippen LogP contribution in [0.4, 0.5) is 0 Å². The summed E-state index contributed by atoms with van der Waals surface area (Å²) in [5.41, 5.74) is 0. The molecular formula is C9H14ClNO2. The van der Waals surface area contributed by atoms with Crippen LogP contribution in [0.5, 0.6) is 0 Å². The molecule has 4 heteroatoms. The van der Waals surface area contributed by atoms with Gasteiger partial charge in [0.1, 0.15) is 0 Å². The smallest absolute Gasteiger partial charge is 0.246 e. The quantitative estimate of drug-likeness (QED) is 0.553. The number of hydrogen-bond acceptors (Lipinski definition) is 2. The van der Waals surface area contributed by atoms with E-state index in [0.29, 0.717) is 11.5 Å². The molecule has 13 heavy (non-hydrogen) atoms. The van der Waals surface area contributed by atoms with Crippen molar-refractivity contribution in [1.29, 1.82) is 0 Å². The summed E-state index contributed by atoms with van der Waals surface area (Å²) in [6.07, 6.45) is 4.81. The molecule has 1 unspecified atom stereocenters. The molecule has 1 aliphatic carbocycles. The van der Waals surface area contributed by atoms with Crippen molar-refractivity contribution >= 4 is 17.5 Å². The summed E-state index contributed by atoms with van der Waals surface area (Å²) in [5.74, 6) is -0.279. The number of carbonyl (C=O) groups excluding carboxylic acids is 1. The lowest BCUT2D eigenvalue weighted by atomic mass is 10.0. The zero-order chi connectivity index (χ0) is 9.84. The largest absolute Gasteiger partial charge is 0.285 e. The molecule has 1 N–H and O–H groups in total. The third-order valence-corrected chi connectivity index (χ3v) is 2.60. The summed E-state index contributed by atoms with van der Waals surface area (Å²) in [6, 6.07) is -0.317. The first-order valence-corrected chi connectivity index (χ1v) is 4.91. The fraction of sp³-hybridized carbons (Fsp3) is 0.667. The van der Waals surface area contributed by atoms with Crippen LogP contribution in [-0.2, 0) is 4.79 Å². The molecule has 3 nitrogen and oxygen atoms in total. The fourth-order valence-electron chi connectivity index (χ4n) is 1.40. The minimum absolute atomic E-state index is 0.279. The minimum atomic E-state index is -0.317. The average molecular weight is 204 g/mol. The first kappa shape index (κ1) is 10.5. The first-order valence-electron chi connectivity index (χ1n) is 4.53. The Morgan fingerprint density at radius 2 is 2.54 bits per heavy atom. The van der Waals surface area contributed by atoms with E-state index in [1.165, 1.54) is 0 Å². The molecule has 74 valence electrons. The van der Waals surface area contributed by atoms with Gasteiger partial charge in [-0.3, -0.25) is 10.0 Å². The summed E-state index contributed by atoms with van der Waals surface area (Å²) in [4.78, 5) is 11.1. The van der Waals surface area contributed by atoms with Gasteiger partial charge in [0, 0.05) is 11.5 Å². The number of hydroxylamine groups is 2. The molecule has 1 atom stereocenters. The molecule has 0 aromatic carbocycles. The van der Waals surface area contributed by atoms with Crippen molar-refractivity contribution in [3.63, 3.8) is 0 Å². The molecule has 0 spiro atoms. The van der Waals surface area contributed by atoms with Crippen LogP contribution >= 0.6 is 11.6 Å². The lowest BCUT2D eigenvalue weighted by molar-refractivity contribution is -0.172. The second kappa shape index (κ2) is 4.63. The van der Waals surface area contributed by atoms with Crippen molar-refractivity contribution in [3.8, 4) is 0 Å². The third-order valence-electron chi connectivity index (χ3n) is 2.19. The maximum Gasteiger partial charge on any atom is 0.246 e. The second-order valence-electron chi connectivity index (χ2n) is 3.13. The molecule has 0 aromatic rings. The van der Waals surface area contributed by atoms with E-state index in [4.69, 9.17) is 11.6 Å². The third kappa shape index (κ3) is 2.45. The van der Waals surface area contributed by atoms with Crippen LogP contribution in [0, 0.1) is 0 Å². The number of carbonyl (C=O) groups is 1. The fourth-order valence-corrected chi connectivity index (χ4v) is 1.71. The Morgan fingerprint density at radius 1 is 1.85 bits per heavy atom. The average Bonchev–Trinajstić information content (AvgIpc) is 2.16. The Balaban J connectivity index is 2.64. The monoisotopic (exact) mass is 203 g/mol. The lowest BCUT2D eigenvalue weighted by Gasteiger charge is -2.27. The van der Waals surface area contributed by atoms with E-state index in [9.17, 15) is 10.0 Å². The van der Waals surface area contributed by atoms with Crippen LogP contribution in [0.2, 0.25) is 0 Å². The van der Waals surface area contributed by atoms with E-state index >= 15 is 0 Å². The van der Waals surface area contributed by atoms with Crippen molar-refractivity contribution in [1.82, 2.24) is 5.06 Å². The van der Waals surface area contributed by atoms with E-state index in [2.05, 4.69) is 0 Å². The predicted octanol–water partition coefficient (Wildman–Crippen LogP) is 2.29. The van der Waals surface area contributed by atoms with Crippen LogP contribution in [0.3, 0.4) is 0 Å². The molecule has 0 radical (unpaired) electrons. The lowest BCUT2D eigenvalue weighted by Crippen LogP contribution is -2.38. The van der Waals surface area contributed by atoms with Crippen LogP contribution in [0.15, 0.2) is 11.1 Å². The highest BCUT2D eigenvalue weighted by Crippen LogP contribution is 2.25. The molecule has 1 amide bonds. The van der Waals surface area contributed by atoms with Crippen molar-refractivity contribution in [2.75, 3.05) is 0 Å². The van der Waals surface area contributed by atoms with Gasteiger partial charge < -0.3 is 0 Å². The Hall–Kier alpha value is -0.540. The van der Waals surface area contributed by atoms with Crippen molar-refractivity contribution in [2.45, 2.75) is 38.6 Å². The Kier molecular flexibility index (Phi) is 3.75. The van der Waals surface area contributed by atoms with Gasteiger partial charge >= 0.3 is 0 Å². The van der Waals surface area contributed by atoms with Gasteiger partial charge in [-0.2, -0.15) is 0 Å². The van der Waals surface area contributed by atoms with Crippen LogP contribution < -0.4 is 0 Å². The van der Waals surface area contributed by atoms with Crippen LogP contribution in [0.25, 0.3) is 0 Å². The van der Waals surface area contributed by atoms with Gasteiger partial charge in [-0.15, -0.1) is 0 Å². The van der Waals surface area contributed by atoms with E-state index < -0.39 is 0 Å². The molecule has 0 aliphatic heterocycles. The number of nitrogens with zero attached hydrogens (tertiary/aromatic N) is 1. The number of halogens is 1. The van der Waals surface area contributed by atoms with Gasteiger partial charge in [-0.05, 0) is 19.3 Å². The standard InChI is InChI=1S/C9H14ClNO2/c1-2-9(12)11(13)8-6-4-3-5-7(8)10/h5,8,13H,2-4,6H2,1H3. The number of hydrogen-bond donors (Lipinski definition) is 1. The first-order chi connectivity index (χ1) is 6.16. The Morgan fingerprint density at radius 3 is 3.08 bits per heavy atom. The zero-order valence-corrected chi connectivity index (χ0v) is 8.42. The highest BCUT2D eigenvalue weighted by atomic mass is 35.5. The highest BCUT2D eigenvalue weighted by Gasteiger charge is 2.25. The maximum atomic E-state index is 11.1. The molecule has 1 rings (SSSR count). The molecule has 0 fully saturated rings. The summed E-state index contributed by atoms with van der Waals surface area (Å²) in [5, 5.41) is 10.8. The van der Waals surface area contributed by atoms with Crippen LogP contribution in [-0.4, -0.2) is 22.2 Å². The summed E-state index contributed by atoms with van der Waals surface area (Å²) >= 11 is 5.89. The number of allylic oxidation sites excluding steroid dienone is 1. The van der Waals surface area contributed by atoms with E-state index in [1.54, 1.807) is 6.92 Å². The minimum Gasteiger partial charge on any atom is -0.285 e. The van der Waals surface area contributed by atoms with Gasteiger partial charge in [0.25, 0.3) is 0 Å². The van der Waals surface area contributed by atoms with Gasteiger partial charge in [-0.25, -0.2) is 5.06 Å².